The molecule has 5 heteroatoms. The van der Waals surface area contributed by atoms with Gasteiger partial charge in [-0.05, 0) is 44.7 Å². The van der Waals surface area contributed by atoms with Crippen LogP contribution in [-0.4, -0.2) is 17.5 Å². The van der Waals surface area contributed by atoms with Gasteiger partial charge in [0.25, 0.3) is 0 Å². The van der Waals surface area contributed by atoms with Crippen molar-refractivity contribution in [2.75, 3.05) is 5.32 Å². The topological polar surface area (TPSA) is 70.6 Å². The Morgan fingerprint density at radius 1 is 0.769 bits per heavy atom. The summed E-state index contributed by atoms with van der Waals surface area (Å²) in [5, 5.41) is 6.84. The molecule has 0 spiro atoms. The third kappa shape index (κ3) is 7.81. The van der Waals surface area contributed by atoms with Crippen LogP contribution in [0.2, 0.25) is 0 Å². The Bertz CT molecular complexity index is 594. The Kier molecular flexibility index (Phi) is 8.87. The van der Waals surface area contributed by atoms with E-state index in [2.05, 4.69) is 15.8 Å². The standard InChI is InChI=1S/C21H31N3O2/c1-17-13-15-18(16-14-17)22-20(25)21(26)24-23-19-11-9-7-5-3-2-4-6-8-10-12-19/h13-16H,2-12H2,1H3,(H,22,25)(H,24,26). The highest BCUT2D eigenvalue weighted by Gasteiger charge is 2.13. The number of carbonyl (C=O) groups is 2. The minimum atomic E-state index is -0.718. The Hall–Kier alpha value is -2.17. The number of nitrogens with one attached hydrogen (secondary N) is 2. The van der Waals surface area contributed by atoms with Gasteiger partial charge < -0.3 is 5.32 Å². The maximum absolute atomic E-state index is 12.0. The van der Waals surface area contributed by atoms with Gasteiger partial charge in [0.05, 0.1) is 0 Å². The minimum absolute atomic E-state index is 0.606. The Balaban J connectivity index is 1.84. The lowest BCUT2D eigenvalue weighted by atomic mass is 10.00. The number of aryl methyl sites for hydroxylation is 1. The van der Waals surface area contributed by atoms with Crippen LogP contribution in [0.4, 0.5) is 5.69 Å². The lowest BCUT2D eigenvalue weighted by molar-refractivity contribution is -0.136. The molecule has 0 bridgehead atoms. The molecule has 1 aromatic rings. The molecule has 5 nitrogen and oxygen atoms in total. The van der Waals surface area contributed by atoms with Gasteiger partial charge in [0.2, 0.25) is 0 Å². The number of anilines is 1. The minimum Gasteiger partial charge on any atom is -0.318 e. The first kappa shape index (κ1) is 20.1. The van der Waals surface area contributed by atoms with Gasteiger partial charge in [-0.1, -0.05) is 62.6 Å². The Morgan fingerprint density at radius 2 is 1.27 bits per heavy atom. The van der Waals surface area contributed by atoms with Gasteiger partial charge in [-0.2, -0.15) is 5.10 Å². The highest BCUT2D eigenvalue weighted by atomic mass is 16.2. The van der Waals surface area contributed by atoms with Crippen molar-refractivity contribution in [2.45, 2.75) is 77.6 Å². The van der Waals surface area contributed by atoms with Crippen molar-refractivity contribution in [1.82, 2.24) is 5.43 Å². The average molecular weight is 357 g/mol. The van der Waals surface area contributed by atoms with Gasteiger partial charge in [0, 0.05) is 11.4 Å². The van der Waals surface area contributed by atoms with E-state index >= 15 is 0 Å². The molecule has 2 amide bonds. The zero-order chi connectivity index (χ0) is 18.6. The molecule has 1 aromatic carbocycles. The second kappa shape index (κ2) is 11.4. The van der Waals surface area contributed by atoms with Crippen molar-refractivity contribution >= 4 is 23.2 Å². The van der Waals surface area contributed by atoms with E-state index in [1.807, 2.05) is 19.1 Å². The van der Waals surface area contributed by atoms with Gasteiger partial charge in [0.1, 0.15) is 0 Å². The summed E-state index contributed by atoms with van der Waals surface area (Å²) >= 11 is 0. The fraction of sp³-hybridized carbons (Fsp3) is 0.571. The van der Waals surface area contributed by atoms with Gasteiger partial charge in [0.15, 0.2) is 0 Å². The van der Waals surface area contributed by atoms with E-state index in [0.29, 0.717) is 5.69 Å². The molecule has 142 valence electrons. The van der Waals surface area contributed by atoms with Crippen molar-refractivity contribution < 1.29 is 9.59 Å². The van der Waals surface area contributed by atoms with Crippen LogP contribution in [0, 0.1) is 6.92 Å². The molecule has 0 aliphatic heterocycles. The molecule has 0 atom stereocenters. The van der Waals surface area contributed by atoms with E-state index < -0.39 is 11.8 Å². The normalized spacial score (nSPS) is 16.7. The van der Waals surface area contributed by atoms with E-state index in [4.69, 9.17) is 0 Å². The monoisotopic (exact) mass is 357 g/mol. The molecule has 1 aliphatic carbocycles. The fourth-order valence-electron chi connectivity index (χ4n) is 3.14. The van der Waals surface area contributed by atoms with E-state index in [9.17, 15) is 9.59 Å². The molecule has 2 N–H and O–H groups in total. The second-order valence-corrected chi connectivity index (χ2v) is 7.12. The van der Waals surface area contributed by atoms with Gasteiger partial charge in [-0.25, -0.2) is 5.43 Å². The molecule has 0 radical (unpaired) electrons. The Labute approximate surface area is 156 Å². The fourth-order valence-corrected chi connectivity index (χ4v) is 3.14. The summed E-state index contributed by atoms with van der Waals surface area (Å²) in [5.74, 6) is -1.41. The van der Waals surface area contributed by atoms with Crippen LogP contribution in [0.25, 0.3) is 0 Å². The Morgan fingerprint density at radius 3 is 1.81 bits per heavy atom. The number of nitrogens with zero attached hydrogens (tertiary/aromatic N) is 1. The first-order chi connectivity index (χ1) is 12.6. The molecule has 26 heavy (non-hydrogen) atoms. The molecule has 1 fully saturated rings. The molecular formula is C21H31N3O2. The summed E-state index contributed by atoms with van der Waals surface area (Å²) in [6.07, 6.45) is 13.0. The molecule has 1 saturated carbocycles. The summed E-state index contributed by atoms with van der Waals surface area (Å²) in [6.45, 7) is 1.97. The second-order valence-electron chi connectivity index (χ2n) is 7.12. The first-order valence-corrected chi connectivity index (χ1v) is 9.88. The predicted octanol–water partition coefficient (Wildman–Crippen LogP) is 4.71. The van der Waals surface area contributed by atoms with Gasteiger partial charge in [-0.3, -0.25) is 9.59 Å². The highest BCUT2D eigenvalue weighted by Crippen LogP contribution is 2.15. The molecular weight excluding hydrogens is 326 g/mol. The number of hydrogen-bond acceptors (Lipinski definition) is 3. The van der Waals surface area contributed by atoms with Crippen LogP contribution in [0.1, 0.15) is 76.2 Å². The van der Waals surface area contributed by atoms with E-state index in [0.717, 1.165) is 37.0 Å². The maximum Gasteiger partial charge on any atom is 0.329 e. The number of hydrazone groups is 1. The lowest BCUT2D eigenvalue weighted by Crippen LogP contribution is -2.33. The van der Waals surface area contributed by atoms with E-state index in [1.54, 1.807) is 12.1 Å². The average Bonchev–Trinajstić information content (AvgIpc) is 2.63. The summed E-state index contributed by atoms with van der Waals surface area (Å²) < 4.78 is 0. The maximum atomic E-state index is 12.0. The number of rotatable bonds is 2. The van der Waals surface area contributed by atoms with Crippen molar-refractivity contribution in [2.24, 2.45) is 5.10 Å². The van der Waals surface area contributed by atoms with Gasteiger partial charge in [-0.15, -0.1) is 0 Å². The molecule has 1 aliphatic rings. The third-order valence-electron chi connectivity index (χ3n) is 4.76. The van der Waals surface area contributed by atoms with Crippen LogP contribution >= 0.6 is 0 Å². The number of hydrogen-bond donors (Lipinski definition) is 2. The molecule has 0 saturated heterocycles. The summed E-state index contributed by atoms with van der Waals surface area (Å²) in [6, 6.07) is 7.33. The van der Waals surface area contributed by atoms with Crippen molar-refractivity contribution in [1.29, 1.82) is 0 Å². The summed E-state index contributed by atoms with van der Waals surface area (Å²) in [7, 11) is 0. The highest BCUT2D eigenvalue weighted by molar-refractivity contribution is 6.39. The van der Waals surface area contributed by atoms with Crippen molar-refractivity contribution in [3.8, 4) is 0 Å². The molecule has 2 rings (SSSR count). The van der Waals surface area contributed by atoms with Crippen LogP contribution < -0.4 is 10.7 Å². The lowest BCUT2D eigenvalue weighted by Gasteiger charge is -2.10. The molecule has 0 unspecified atom stereocenters. The quantitative estimate of drug-likeness (QED) is 0.594. The molecule has 0 aromatic heterocycles. The zero-order valence-electron chi connectivity index (χ0n) is 15.9. The van der Waals surface area contributed by atoms with E-state index in [-0.39, 0.29) is 0 Å². The van der Waals surface area contributed by atoms with Crippen molar-refractivity contribution in [3.63, 3.8) is 0 Å². The third-order valence-corrected chi connectivity index (χ3v) is 4.76. The number of benzene rings is 1. The smallest absolute Gasteiger partial charge is 0.318 e. The van der Waals surface area contributed by atoms with Crippen molar-refractivity contribution in [3.05, 3.63) is 29.8 Å². The summed E-state index contributed by atoms with van der Waals surface area (Å²) in [5.41, 5.74) is 5.14. The molecule has 0 heterocycles. The van der Waals surface area contributed by atoms with E-state index in [1.165, 1.54) is 44.9 Å². The zero-order valence-corrected chi connectivity index (χ0v) is 15.9. The van der Waals surface area contributed by atoms with Gasteiger partial charge >= 0.3 is 11.8 Å². The van der Waals surface area contributed by atoms with Crippen LogP contribution in [0.15, 0.2) is 29.4 Å². The van der Waals surface area contributed by atoms with Crippen LogP contribution in [0.3, 0.4) is 0 Å². The first-order valence-electron chi connectivity index (χ1n) is 9.88. The SMILES string of the molecule is Cc1ccc(NC(=O)C(=O)NN=C2CCCCCCCCCCC2)cc1. The van der Waals surface area contributed by atoms with Crippen LogP contribution in [-0.2, 0) is 9.59 Å². The largest absolute Gasteiger partial charge is 0.329 e. The summed E-state index contributed by atoms with van der Waals surface area (Å²) in [4.78, 5) is 24.0. The number of carbonyl (C=O) groups excluding carboxylic acids is 2. The predicted molar refractivity (Wildman–Crippen MR) is 106 cm³/mol. The number of amides is 2. The van der Waals surface area contributed by atoms with Crippen LogP contribution in [0.5, 0.6) is 0 Å².